The maximum absolute atomic E-state index is 12.1. The lowest BCUT2D eigenvalue weighted by atomic mass is 10.1. The molecule has 5 heteroatoms. The Kier molecular flexibility index (Phi) is 5.74. The second-order valence-corrected chi connectivity index (χ2v) is 6.93. The molecule has 0 aliphatic rings. The topological polar surface area (TPSA) is 47.6 Å². The fourth-order valence-electron chi connectivity index (χ4n) is 1.62. The van der Waals surface area contributed by atoms with Gasteiger partial charge >= 0.3 is 0 Å². The third kappa shape index (κ3) is 4.96. The summed E-state index contributed by atoms with van der Waals surface area (Å²) < 4.78 is 10.5. The zero-order valence-electron chi connectivity index (χ0n) is 12.9. The van der Waals surface area contributed by atoms with Gasteiger partial charge in [0.15, 0.2) is 11.5 Å². The Hall–Kier alpha value is -1.36. The number of hydrogen-bond donors (Lipinski definition) is 1. The third-order valence-electron chi connectivity index (χ3n) is 2.54. The molecule has 0 heterocycles. The van der Waals surface area contributed by atoms with Gasteiger partial charge in [-0.25, -0.2) is 0 Å². The monoisotopic (exact) mass is 297 g/mol. The standard InChI is InChI=1S/C15H23NO3S/c1-10(14(17)16-15(2,3)4)20-11-7-8-12(18-5)13(9-11)19-6/h7-10H,1-6H3,(H,16,17). The Labute approximate surface area is 125 Å². The molecule has 1 aromatic rings. The molecule has 1 aromatic carbocycles. The maximum atomic E-state index is 12.1. The van der Waals surface area contributed by atoms with Gasteiger partial charge in [0.1, 0.15) is 0 Å². The van der Waals surface area contributed by atoms with Crippen LogP contribution in [0.25, 0.3) is 0 Å². The summed E-state index contributed by atoms with van der Waals surface area (Å²) in [6, 6.07) is 5.65. The molecule has 0 saturated carbocycles. The molecule has 0 radical (unpaired) electrons. The molecular formula is C15H23NO3S. The molecule has 0 aliphatic heterocycles. The van der Waals surface area contributed by atoms with Crippen LogP contribution in [0.2, 0.25) is 0 Å². The first-order valence-corrected chi connectivity index (χ1v) is 7.35. The summed E-state index contributed by atoms with van der Waals surface area (Å²) in [6.45, 7) is 7.80. The Morgan fingerprint density at radius 2 is 1.80 bits per heavy atom. The molecule has 0 aromatic heterocycles. The highest BCUT2D eigenvalue weighted by molar-refractivity contribution is 8.00. The minimum atomic E-state index is -0.219. The lowest BCUT2D eigenvalue weighted by Gasteiger charge is -2.23. The fraction of sp³-hybridized carbons (Fsp3) is 0.533. The van der Waals surface area contributed by atoms with Gasteiger partial charge in [-0.1, -0.05) is 0 Å². The van der Waals surface area contributed by atoms with Crippen LogP contribution in [0.15, 0.2) is 23.1 Å². The van der Waals surface area contributed by atoms with E-state index in [-0.39, 0.29) is 16.7 Å². The molecule has 1 atom stereocenters. The van der Waals surface area contributed by atoms with Crippen LogP contribution < -0.4 is 14.8 Å². The largest absolute Gasteiger partial charge is 0.493 e. The molecule has 0 bridgehead atoms. The number of hydrogen-bond acceptors (Lipinski definition) is 4. The van der Waals surface area contributed by atoms with E-state index in [0.29, 0.717) is 11.5 Å². The number of amides is 1. The summed E-state index contributed by atoms with van der Waals surface area (Å²) in [5.41, 5.74) is -0.219. The van der Waals surface area contributed by atoms with Crippen LogP contribution in [0, 0.1) is 0 Å². The van der Waals surface area contributed by atoms with Crippen molar-refractivity contribution in [3.8, 4) is 11.5 Å². The molecule has 0 aliphatic carbocycles. The number of methoxy groups -OCH3 is 2. The van der Waals surface area contributed by atoms with Crippen LogP contribution in [0.5, 0.6) is 11.5 Å². The van der Waals surface area contributed by atoms with Gasteiger partial charge in [0.05, 0.1) is 19.5 Å². The van der Waals surface area contributed by atoms with Crippen LogP contribution in [-0.4, -0.2) is 30.9 Å². The van der Waals surface area contributed by atoms with Crippen molar-refractivity contribution in [2.75, 3.05) is 14.2 Å². The van der Waals surface area contributed by atoms with Gasteiger partial charge in [0.2, 0.25) is 5.91 Å². The molecule has 0 saturated heterocycles. The molecular weight excluding hydrogens is 274 g/mol. The van der Waals surface area contributed by atoms with Gasteiger partial charge in [0, 0.05) is 10.4 Å². The molecule has 1 N–H and O–H groups in total. The Balaban J connectivity index is 2.75. The molecule has 20 heavy (non-hydrogen) atoms. The molecule has 1 rings (SSSR count). The Morgan fingerprint density at radius 1 is 1.20 bits per heavy atom. The van der Waals surface area contributed by atoms with Gasteiger partial charge in [0.25, 0.3) is 0 Å². The van der Waals surface area contributed by atoms with E-state index in [0.717, 1.165) is 4.90 Å². The number of benzene rings is 1. The molecule has 1 unspecified atom stereocenters. The predicted octanol–water partition coefficient (Wildman–Crippen LogP) is 3.10. The van der Waals surface area contributed by atoms with Crippen molar-refractivity contribution in [2.45, 2.75) is 43.4 Å². The van der Waals surface area contributed by atoms with Crippen LogP contribution in [0.1, 0.15) is 27.7 Å². The molecule has 4 nitrogen and oxygen atoms in total. The quantitative estimate of drug-likeness (QED) is 0.848. The van der Waals surface area contributed by atoms with Crippen molar-refractivity contribution in [1.29, 1.82) is 0 Å². The van der Waals surface area contributed by atoms with Crippen LogP contribution in [0.4, 0.5) is 0 Å². The smallest absolute Gasteiger partial charge is 0.233 e. The van der Waals surface area contributed by atoms with Gasteiger partial charge in [-0.2, -0.15) is 0 Å². The van der Waals surface area contributed by atoms with Crippen LogP contribution in [0.3, 0.4) is 0 Å². The highest BCUT2D eigenvalue weighted by atomic mass is 32.2. The van der Waals surface area contributed by atoms with Gasteiger partial charge in [-0.15, -0.1) is 11.8 Å². The normalized spacial score (nSPS) is 12.7. The van der Waals surface area contributed by atoms with Crippen molar-refractivity contribution in [3.05, 3.63) is 18.2 Å². The molecule has 0 spiro atoms. The first-order chi connectivity index (χ1) is 9.26. The lowest BCUT2D eigenvalue weighted by Crippen LogP contribution is -2.44. The van der Waals surface area contributed by atoms with E-state index in [1.54, 1.807) is 14.2 Å². The third-order valence-corrected chi connectivity index (χ3v) is 3.63. The number of carbonyl (C=O) groups is 1. The second kappa shape index (κ2) is 6.88. The van der Waals surface area contributed by atoms with Crippen molar-refractivity contribution in [2.24, 2.45) is 0 Å². The van der Waals surface area contributed by atoms with Crippen molar-refractivity contribution >= 4 is 17.7 Å². The summed E-state index contributed by atoms with van der Waals surface area (Å²) >= 11 is 1.49. The van der Waals surface area contributed by atoms with E-state index < -0.39 is 0 Å². The zero-order valence-corrected chi connectivity index (χ0v) is 13.8. The van der Waals surface area contributed by atoms with Gasteiger partial charge in [-0.3, -0.25) is 4.79 Å². The minimum absolute atomic E-state index is 0.0253. The van der Waals surface area contributed by atoms with Gasteiger partial charge in [-0.05, 0) is 45.9 Å². The minimum Gasteiger partial charge on any atom is -0.493 e. The highest BCUT2D eigenvalue weighted by Crippen LogP contribution is 2.33. The van der Waals surface area contributed by atoms with E-state index in [2.05, 4.69) is 5.32 Å². The number of ether oxygens (including phenoxy) is 2. The number of nitrogens with one attached hydrogen (secondary N) is 1. The SMILES string of the molecule is COc1ccc(SC(C)C(=O)NC(C)(C)C)cc1OC. The average molecular weight is 297 g/mol. The van der Waals surface area contributed by atoms with E-state index >= 15 is 0 Å². The second-order valence-electron chi connectivity index (χ2n) is 5.52. The summed E-state index contributed by atoms with van der Waals surface area (Å²) in [5, 5.41) is 2.80. The molecule has 0 fully saturated rings. The Bertz CT molecular complexity index is 469. The van der Waals surface area contributed by atoms with Crippen LogP contribution >= 0.6 is 11.8 Å². The summed E-state index contributed by atoms with van der Waals surface area (Å²) in [6.07, 6.45) is 0. The summed E-state index contributed by atoms with van der Waals surface area (Å²) in [7, 11) is 3.20. The fourth-order valence-corrected chi connectivity index (χ4v) is 2.51. The summed E-state index contributed by atoms with van der Waals surface area (Å²) in [4.78, 5) is 13.0. The zero-order chi connectivity index (χ0) is 15.3. The number of rotatable bonds is 5. The van der Waals surface area contributed by atoms with E-state index in [1.807, 2.05) is 45.9 Å². The van der Waals surface area contributed by atoms with Crippen molar-refractivity contribution < 1.29 is 14.3 Å². The highest BCUT2D eigenvalue weighted by Gasteiger charge is 2.20. The van der Waals surface area contributed by atoms with Crippen LogP contribution in [-0.2, 0) is 4.79 Å². The lowest BCUT2D eigenvalue weighted by molar-refractivity contribution is -0.121. The van der Waals surface area contributed by atoms with E-state index in [9.17, 15) is 4.79 Å². The van der Waals surface area contributed by atoms with Crippen molar-refractivity contribution in [1.82, 2.24) is 5.32 Å². The first-order valence-electron chi connectivity index (χ1n) is 6.47. The summed E-state index contributed by atoms with van der Waals surface area (Å²) in [5.74, 6) is 1.38. The van der Waals surface area contributed by atoms with Gasteiger partial charge < -0.3 is 14.8 Å². The average Bonchev–Trinajstić information content (AvgIpc) is 2.36. The number of carbonyl (C=O) groups excluding carboxylic acids is 1. The molecule has 1 amide bonds. The maximum Gasteiger partial charge on any atom is 0.233 e. The molecule has 112 valence electrons. The Morgan fingerprint density at radius 3 is 2.30 bits per heavy atom. The van der Waals surface area contributed by atoms with E-state index in [1.165, 1.54) is 11.8 Å². The predicted molar refractivity (Wildman–Crippen MR) is 82.8 cm³/mol. The van der Waals surface area contributed by atoms with E-state index in [4.69, 9.17) is 9.47 Å². The van der Waals surface area contributed by atoms with Crippen molar-refractivity contribution in [3.63, 3.8) is 0 Å². The number of thioether (sulfide) groups is 1. The first kappa shape index (κ1) is 16.7.